The fraction of sp³-hybridized carbons (Fsp3) is 0.929. The Morgan fingerprint density at radius 2 is 2.17 bits per heavy atom. The molecular weight excluding hydrogens is 226 g/mol. The molecule has 0 aliphatic carbocycles. The Morgan fingerprint density at radius 3 is 2.78 bits per heavy atom. The molecule has 4 heteroatoms. The van der Waals surface area contributed by atoms with Gasteiger partial charge in [-0.1, -0.05) is 20.3 Å². The summed E-state index contributed by atoms with van der Waals surface area (Å²) >= 11 is 0. The van der Waals surface area contributed by atoms with Crippen LogP contribution in [-0.2, 0) is 4.79 Å². The lowest BCUT2D eigenvalue weighted by Gasteiger charge is -2.23. The summed E-state index contributed by atoms with van der Waals surface area (Å²) in [4.78, 5) is 13.4. The van der Waals surface area contributed by atoms with E-state index in [0.717, 1.165) is 32.6 Å². The van der Waals surface area contributed by atoms with E-state index in [1.807, 2.05) is 0 Å². The predicted molar refractivity (Wildman–Crippen MR) is 75.3 cm³/mol. The lowest BCUT2D eigenvalue weighted by atomic mass is 9.87. The quantitative estimate of drug-likeness (QED) is 0.675. The second-order valence-corrected chi connectivity index (χ2v) is 6.31. The number of hydrogen-bond acceptors (Lipinski definition) is 3. The van der Waals surface area contributed by atoms with Gasteiger partial charge in [0.2, 0.25) is 5.91 Å². The minimum atomic E-state index is 0.0894. The maximum absolute atomic E-state index is 11.0. The summed E-state index contributed by atoms with van der Waals surface area (Å²) in [6.45, 7) is 10.1. The third kappa shape index (κ3) is 5.83. The second kappa shape index (κ2) is 7.10. The first-order valence-electron chi connectivity index (χ1n) is 7.12. The lowest BCUT2D eigenvalue weighted by Crippen LogP contribution is -2.35. The number of rotatable bonds is 7. The lowest BCUT2D eigenvalue weighted by molar-refractivity contribution is -0.119. The molecule has 0 saturated carbocycles. The van der Waals surface area contributed by atoms with Crippen molar-refractivity contribution in [3.8, 4) is 0 Å². The molecule has 1 heterocycles. The number of nitrogens with one attached hydrogen (secondary N) is 1. The van der Waals surface area contributed by atoms with Gasteiger partial charge in [-0.2, -0.15) is 0 Å². The molecule has 1 unspecified atom stereocenters. The van der Waals surface area contributed by atoms with Crippen LogP contribution >= 0.6 is 0 Å². The van der Waals surface area contributed by atoms with Crippen molar-refractivity contribution in [2.75, 3.05) is 26.2 Å². The molecule has 106 valence electrons. The molecular formula is C14H29N3O. The van der Waals surface area contributed by atoms with Crippen molar-refractivity contribution < 1.29 is 4.79 Å². The summed E-state index contributed by atoms with van der Waals surface area (Å²) in [5.74, 6) is 0.0894. The number of carbonyl (C=O) groups excluding carboxylic acids is 1. The summed E-state index contributed by atoms with van der Waals surface area (Å²) in [5.41, 5.74) is 6.01. The van der Waals surface area contributed by atoms with Gasteiger partial charge < -0.3 is 16.0 Å². The average Bonchev–Trinajstić information content (AvgIpc) is 2.71. The predicted octanol–water partition coefficient (Wildman–Crippen LogP) is 1.35. The van der Waals surface area contributed by atoms with E-state index in [0.29, 0.717) is 6.04 Å². The Bertz CT molecular complexity index is 266. The maximum Gasteiger partial charge on any atom is 0.217 e. The fourth-order valence-corrected chi connectivity index (χ4v) is 2.48. The molecule has 1 rings (SSSR count). The van der Waals surface area contributed by atoms with Crippen molar-refractivity contribution in [1.82, 2.24) is 10.2 Å². The van der Waals surface area contributed by atoms with Crippen LogP contribution in [0.5, 0.6) is 0 Å². The molecule has 0 bridgehead atoms. The van der Waals surface area contributed by atoms with Crippen LogP contribution < -0.4 is 11.1 Å². The fourth-order valence-electron chi connectivity index (χ4n) is 2.48. The molecule has 1 aliphatic rings. The van der Waals surface area contributed by atoms with Gasteiger partial charge in [-0.3, -0.25) is 4.79 Å². The van der Waals surface area contributed by atoms with Crippen molar-refractivity contribution in [3.63, 3.8) is 0 Å². The highest BCUT2D eigenvalue weighted by atomic mass is 16.1. The number of carbonyl (C=O) groups is 1. The Kier molecular flexibility index (Phi) is 6.09. The normalized spacial score (nSPS) is 21.2. The Morgan fingerprint density at radius 1 is 1.44 bits per heavy atom. The zero-order valence-corrected chi connectivity index (χ0v) is 12.2. The molecule has 1 atom stereocenters. The van der Waals surface area contributed by atoms with Crippen LogP contribution in [0.3, 0.4) is 0 Å². The number of nitrogens with two attached hydrogens (primary N) is 1. The topological polar surface area (TPSA) is 58.4 Å². The molecule has 1 fully saturated rings. The molecule has 4 nitrogen and oxygen atoms in total. The standard InChI is InChI=1S/C14H29N3O/c1-12(18)16-13-6-9-17(10-13)8-5-4-7-14(2,3)11-15/h13H,4-11,15H2,1-3H3,(H,16,18). The third-order valence-corrected chi connectivity index (χ3v) is 3.81. The van der Waals surface area contributed by atoms with E-state index >= 15 is 0 Å². The zero-order valence-electron chi connectivity index (χ0n) is 12.2. The molecule has 0 spiro atoms. The highest BCUT2D eigenvalue weighted by Gasteiger charge is 2.22. The van der Waals surface area contributed by atoms with Crippen molar-refractivity contribution in [1.29, 1.82) is 0 Å². The summed E-state index contributed by atoms with van der Waals surface area (Å²) in [5, 5.41) is 3.00. The number of amides is 1. The number of nitrogens with zero attached hydrogens (tertiary/aromatic N) is 1. The van der Waals surface area contributed by atoms with Gasteiger partial charge in [-0.25, -0.2) is 0 Å². The van der Waals surface area contributed by atoms with Crippen molar-refractivity contribution >= 4 is 5.91 Å². The second-order valence-electron chi connectivity index (χ2n) is 6.31. The van der Waals surface area contributed by atoms with Crippen LogP contribution in [0.25, 0.3) is 0 Å². The van der Waals surface area contributed by atoms with Gasteiger partial charge in [0, 0.05) is 26.1 Å². The van der Waals surface area contributed by atoms with E-state index in [2.05, 4.69) is 24.1 Å². The smallest absolute Gasteiger partial charge is 0.217 e. The molecule has 18 heavy (non-hydrogen) atoms. The van der Waals surface area contributed by atoms with Crippen LogP contribution in [0.1, 0.15) is 46.5 Å². The number of likely N-dealkylation sites (tertiary alicyclic amines) is 1. The van der Waals surface area contributed by atoms with Crippen LogP contribution in [0.15, 0.2) is 0 Å². The number of hydrogen-bond donors (Lipinski definition) is 2. The Hall–Kier alpha value is -0.610. The first kappa shape index (κ1) is 15.4. The number of unbranched alkanes of at least 4 members (excludes halogenated alkanes) is 1. The van der Waals surface area contributed by atoms with Crippen LogP contribution in [-0.4, -0.2) is 43.0 Å². The van der Waals surface area contributed by atoms with E-state index in [9.17, 15) is 4.79 Å². The van der Waals surface area contributed by atoms with E-state index in [1.165, 1.54) is 19.3 Å². The third-order valence-electron chi connectivity index (χ3n) is 3.81. The van der Waals surface area contributed by atoms with Crippen LogP contribution in [0.2, 0.25) is 0 Å². The molecule has 1 amide bonds. The largest absolute Gasteiger partial charge is 0.352 e. The SMILES string of the molecule is CC(=O)NC1CCN(CCCCC(C)(C)CN)C1. The van der Waals surface area contributed by atoms with Gasteiger partial charge in [-0.15, -0.1) is 0 Å². The van der Waals surface area contributed by atoms with Gasteiger partial charge in [-0.05, 0) is 37.8 Å². The van der Waals surface area contributed by atoms with Crippen molar-refractivity contribution in [2.24, 2.45) is 11.1 Å². The summed E-state index contributed by atoms with van der Waals surface area (Å²) in [6.07, 6.45) is 4.77. The maximum atomic E-state index is 11.0. The van der Waals surface area contributed by atoms with Gasteiger partial charge in [0.05, 0.1) is 0 Å². The van der Waals surface area contributed by atoms with Gasteiger partial charge in [0.25, 0.3) is 0 Å². The molecule has 0 aromatic carbocycles. The molecule has 1 aliphatic heterocycles. The first-order valence-corrected chi connectivity index (χ1v) is 7.12. The van der Waals surface area contributed by atoms with E-state index in [4.69, 9.17) is 5.73 Å². The summed E-state index contributed by atoms with van der Waals surface area (Å²) < 4.78 is 0. The molecule has 1 saturated heterocycles. The van der Waals surface area contributed by atoms with Gasteiger partial charge in [0.1, 0.15) is 0 Å². The highest BCUT2D eigenvalue weighted by Crippen LogP contribution is 2.21. The van der Waals surface area contributed by atoms with Gasteiger partial charge in [0.15, 0.2) is 0 Å². The molecule has 0 aromatic rings. The Labute approximate surface area is 111 Å². The van der Waals surface area contributed by atoms with Crippen molar-refractivity contribution in [3.05, 3.63) is 0 Å². The van der Waals surface area contributed by atoms with Crippen LogP contribution in [0, 0.1) is 5.41 Å². The van der Waals surface area contributed by atoms with E-state index < -0.39 is 0 Å². The summed E-state index contributed by atoms with van der Waals surface area (Å²) in [7, 11) is 0. The monoisotopic (exact) mass is 255 g/mol. The minimum absolute atomic E-state index is 0.0894. The van der Waals surface area contributed by atoms with Crippen molar-refractivity contribution in [2.45, 2.75) is 52.5 Å². The zero-order chi connectivity index (χ0) is 13.6. The van der Waals surface area contributed by atoms with E-state index in [-0.39, 0.29) is 11.3 Å². The highest BCUT2D eigenvalue weighted by molar-refractivity contribution is 5.73. The molecule has 3 N–H and O–H groups in total. The van der Waals surface area contributed by atoms with E-state index in [1.54, 1.807) is 6.92 Å². The minimum Gasteiger partial charge on any atom is -0.352 e. The molecule has 0 radical (unpaired) electrons. The Balaban J connectivity index is 2.09. The van der Waals surface area contributed by atoms with Crippen LogP contribution in [0.4, 0.5) is 0 Å². The molecule has 0 aromatic heterocycles. The van der Waals surface area contributed by atoms with Gasteiger partial charge >= 0.3 is 0 Å². The summed E-state index contributed by atoms with van der Waals surface area (Å²) in [6, 6.07) is 0.364. The average molecular weight is 255 g/mol. The first-order chi connectivity index (χ1) is 8.43.